The first-order valence-electron chi connectivity index (χ1n) is 0.698. The van der Waals surface area contributed by atoms with Gasteiger partial charge in [0.25, 0.3) is 0 Å². The summed E-state index contributed by atoms with van der Waals surface area (Å²) in [6.45, 7) is 0. The van der Waals surface area contributed by atoms with Gasteiger partial charge in [0.05, 0.1) is 0 Å². The Hall–Kier alpha value is 3.41. The molecule has 0 saturated heterocycles. The quantitative estimate of drug-likeness (QED) is 0.408. The first-order valence-corrected chi connectivity index (χ1v) is 2.10. The molecule has 0 spiro atoms. The van der Waals surface area contributed by atoms with E-state index in [4.69, 9.17) is 17.5 Å². The molecule has 0 unspecified atom stereocenters. The van der Waals surface area contributed by atoms with Gasteiger partial charge in [-0.2, -0.15) is 8.42 Å². The number of hydrogen-bond acceptors (Lipinski definition) is 2. The summed E-state index contributed by atoms with van der Waals surface area (Å²) in [7, 11) is -4.67. The molecule has 5 nitrogen and oxygen atoms in total. The van der Waals surface area contributed by atoms with Crippen molar-refractivity contribution in [1.82, 2.24) is 0 Å². The van der Waals surface area contributed by atoms with Crippen LogP contribution in [0.25, 0.3) is 0 Å². The molecule has 0 amide bonds. The zero-order chi connectivity index (χ0) is 4.50. The molecule has 10 heteroatoms. The van der Waals surface area contributed by atoms with Crippen molar-refractivity contribution >= 4 is 121 Å². The molecule has 0 bridgehead atoms. The SMILES string of the molecule is Cl.O.O=S(=O)(O)O.[Ca+2].[Ca+2].[H-].[H-].[H-].[H-].[H-].[H-].[Mg+2]. The molecular weight excluding hydrogens is 252 g/mol. The van der Waals surface area contributed by atoms with E-state index < -0.39 is 10.4 Å². The summed E-state index contributed by atoms with van der Waals surface area (Å²) >= 11 is 0. The van der Waals surface area contributed by atoms with Gasteiger partial charge in [-0.05, 0) is 0 Å². The van der Waals surface area contributed by atoms with Gasteiger partial charge in [-0.25, -0.2) is 0 Å². The van der Waals surface area contributed by atoms with Crippen LogP contribution in [0, 0.1) is 0 Å². The zero-order valence-corrected chi connectivity index (χ0v) is 12.6. The molecule has 10 heavy (non-hydrogen) atoms. The fourth-order valence-corrected chi connectivity index (χ4v) is 0. The zero-order valence-electron chi connectivity index (χ0n) is 11.1. The molecule has 4 N–H and O–H groups in total. The van der Waals surface area contributed by atoms with Crippen LogP contribution in [0.2, 0.25) is 0 Å². The molecule has 0 aliphatic carbocycles. The monoisotopic (exact) mass is 262 g/mol. The number of rotatable bonds is 0. The van der Waals surface area contributed by atoms with Crippen LogP contribution < -0.4 is 0 Å². The van der Waals surface area contributed by atoms with Gasteiger partial charge in [0.1, 0.15) is 0 Å². The van der Waals surface area contributed by atoms with Crippen molar-refractivity contribution in [3.63, 3.8) is 0 Å². The second-order valence-electron chi connectivity index (χ2n) is 0.448. The molecule has 0 aromatic carbocycles. The van der Waals surface area contributed by atoms with Crippen LogP contribution in [0.1, 0.15) is 8.56 Å². The van der Waals surface area contributed by atoms with Crippen molar-refractivity contribution in [1.29, 1.82) is 0 Å². The normalized spacial score (nSPS) is 5.80. The first kappa shape index (κ1) is 37.6. The third-order valence-corrected chi connectivity index (χ3v) is 0. The van der Waals surface area contributed by atoms with Crippen molar-refractivity contribution in [2.24, 2.45) is 0 Å². The maximum Gasteiger partial charge on any atom is 2.00 e. The minimum Gasteiger partial charge on any atom is -1.00 e. The average Bonchev–Trinajstić information content (AvgIpc) is 0.722. The Morgan fingerprint density at radius 1 is 1.10 bits per heavy atom. The largest absolute Gasteiger partial charge is 2.00 e. The van der Waals surface area contributed by atoms with Crippen LogP contribution >= 0.6 is 12.4 Å². The van der Waals surface area contributed by atoms with Crippen LogP contribution in [0.15, 0.2) is 0 Å². The number of halogens is 1. The summed E-state index contributed by atoms with van der Waals surface area (Å²) in [5.41, 5.74) is 0. The van der Waals surface area contributed by atoms with Gasteiger partial charge in [-0.1, -0.05) is 0 Å². The second-order valence-corrected chi connectivity index (χ2v) is 1.34. The fourth-order valence-electron chi connectivity index (χ4n) is 0. The molecule has 0 aliphatic rings. The van der Waals surface area contributed by atoms with Crippen molar-refractivity contribution in [3.05, 3.63) is 0 Å². The second kappa shape index (κ2) is 18.2. The summed E-state index contributed by atoms with van der Waals surface area (Å²) in [6.07, 6.45) is 0. The van der Waals surface area contributed by atoms with Gasteiger partial charge in [0, 0.05) is 0 Å². The Bertz CT molecular complexity index is 118. The molecular formula is H11Ca2ClMgO5S. The summed E-state index contributed by atoms with van der Waals surface area (Å²) in [4.78, 5) is 0. The van der Waals surface area contributed by atoms with E-state index in [9.17, 15) is 0 Å². The fraction of sp³-hybridized carbons (Fsp3) is 0. The van der Waals surface area contributed by atoms with Gasteiger partial charge in [0.2, 0.25) is 0 Å². The standard InChI is InChI=1S/2Ca.ClH.Mg.H2O4S.H2O.6H/c;;;;1-5(2,3)4;;;;;;;/h;;1H;;(H2,1,2,3,4);1H2;;;;;;/q2*+2;;+2;;;6*-1. The Kier molecular flexibility index (Phi) is 68.6. The summed E-state index contributed by atoms with van der Waals surface area (Å²) < 4.78 is 31.6. The third kappa shape index (κ3) is 106. The van der Waals surface area contributed by atoms with Gasteiger partial charge in [0.15, 0.2) is 0 Å². The molecule has 0 atom stereocenters. The van der Waals surface area contributed by atoms with Crippen molar-refractivity contribution < 1.29 is 31.6 Å². The molecule has 0 fully saturated rings. The van der Waals surface area contributed by atoms with Crippen LogP contribution in [-0.4, -0.2) is 122 Å². The summed E-state index contributed by atoms with van der Waals surface area (Å²) in [5, 5.41) is 0. The Balaban J connectivity index is -0.00000000145. The smallest absolute Gasteiger partial charge is 1.00 e. The first-order chi connectivity index (χ1) is 2.00. The Morgan fingerprint density at radius 3 is 1.10 bits per heavy atom. The molecule has 0 aromatic rings. The van der Waals surface area contributed by atoms with E-state index in [1.807, 2.05) is 0 Å². The minimum atomic E-state index is -4.67. The van der Waals surface area contributed by atoms with Crippen molar-refractivity contribution in [3.8, 4) is 0 Å². The predicted molar refractivity (Wildman–Crippen MR) is 49.0 cm³/mol. The molecule has 0 aromatic heterocycles. The van der Waals surface area contributed by atoms with Crippen LogP contribution in [0.3, 0.4) is 0 Å². The van der Waals surface area contributed by atoms with Crippen molar-refractivity contribution in [2.45, 2.75) is 0 Å². The average molecular weight is 263 g/mol. The van der Waals surface area contributed by atoms with Crippen LogP contribution in [0.5, 0.6) is 0 Å². The minimum absolute atomic E-state index is 0. The van der Waals surface area contributed by atoms with Gasteiger partial charge >= 0.3 is 109 Å². The number of hydrogen-bond donors (Lipinski definition) is 2. The van der Waals surface area contributed by atoms with E-state index in [-0.39, 0.29) is 125 Å². The van der Waals surface area contributed by atoms with Crippen LogP contribution in [0.4, 0.5) is 0 Å². The third-order valence-electron chi connectivity index (χ3n) is 0. The summed E-state index contributed by atoms with van der Waals surface area (Å²) in [5.74, 6) is 0. The molecule has 0 aliphatic heterocycles. The van der Waals surface area contributed by atoms with Gasteiger partial charge < -0.3 is 14.0 Å². The van der Waals surface area contributed by atoms with E-state index in [1.165, 1.54) is 0 Å². The maximum atomic E-state index is 8.74. The van der Waals surface area contributed by atoms with E-state index in [0.29, 0.717) is 0 Å². The molecule has 0 radical (unpaired) electrons. The molecule has 0 heterocycles. The molecule has 0 saturated carbocycles. The van der Waals surface area contributed by atoms with Crippen LogP contribution in [-0.2, 0) is 10.4 Å². The topological polar surface area (TPSA) is 106 Å². The Morgan fingerprint density at radius 2 is 1.10 bits per heavy atom. The maximum absolute atomic E-state index is 8.74. The van der Waals surface area contributed by atoms with Gasteiger partial charge in [-0.15, -0.1) is 12.4 Å². The van der Waals surface area contributed by atoms with E-state index >= 15 is 0 Å². The van der Waals surface area contributed by atoms with E-state index in [2.05, 4.69) is 0 Å². The van der Waals surface area contributed by atoms with Crippen molar-refractivity contribution in [2.75, 3.05) is 0 Å². The van der Waals surface area contributed by atoms with E-state index in [1.54, 1.807) is 0 Å². The molecule has 0 rings (SSSR count). The van der Waals surface area contributed by atoms with E-state index in [0.717, 1.165) is 0 Å². The molecule has 60 valence electrons. The summed E-state index contributed by atoms with van der Waals surface area (Å²) in [6, 6.07) is 0. The van der Waals surface area contributed by atoms with Gasteiger partial charge in [-0.3, -0.25) is 9.11 Å². The predicted octanol–water partition coefficient (Wildman–Crippen LogP) is -1.52. The Labute approximate surface area is 150 Å².